The van der Waals surface area contributed by atoms with Crippen molar-refractivity contribution in [1.29, 1.82) is 0 Å². The van der Waals surface area contributed by atoms with E-state index in [1.165, 1.54) is 32.4 Å². The molecule has 0 saturated carbocycles. The van der Waals surface area contributed by atoms with Crippen LogP contribution in [0.25, 0.3) is 0 Å². The van der Waals surface area contributed by atoms with E-state index in [1.807, 2.05) is 4.72 Å². The highest BCUT2D eigenvalue weighted by Gasteiger charge is 2.23. The highest BCUT2D eigenvalue weighted by Crippen LogP contribution is 2.18. The Morgan fingerprint density at radius 2 is 1.93 bits per heavy atom. The van der Waals surface area contributed by atoms with Gasteiger partial charge in [-0.25, -0.2) is 22.9 Å². The number of carbonyl (C=O) groups excluding carboxylic acids is 1. The van der Waals surface area contributed by atoms with Crippen molar-refractivity contribution >= 4 is 38.8 Å². The van der Waals surface area contributed by atoms with Crippen molar-refractivity contribution in [1.82, 2.24) is 14.7 Å². The second kappa shape index (κ2) is 8.64. The fourth-order valence-corrected chi connectivity index (χ4v) is 3.41. The maximum atomic E-state index is 12.6. The smallest absolute Gasteiger partial charge is 0.335 e. The number of rotatable bonds is 6. The van der Waals surface area contributed by atoms with Crippen LogP contribution in [-0.2, 0) is 14.9 Å². The number of amides is 2. The van der Waals surface area contributed by atoms with Crippen LogP contribution in [0.15, 0.2) is 40.4 Å². The molecule has 0 fully saturated rings. The Balaban J connectivity index is 2.26. The Hall–Kier alpha value is -2.92. The van der Waals surface area contributed by atoms with Crippen LogP contribution >= 0.6 is 11.6 Å². The fourth-order valence-electron chi connectivity index (χ4n) is 2.00. The zero-order valence-electron chi connectivity index (χ0n) is 14.6. The molecule has 2 amide bonds. The monoisotopic (exact) mass is 413 g/mol. The molecule has 2 N–H and O–H groups in total. The minimum atomic E-state index is -4.27. The quantitative estimate of drug-likeness (QED) is 0.545. The van der Waals surface area contributed by atoms with Gasteiger partial charge in [-0.1, -0.05) is 35.0 Å². The number of urea groups is 1. The van der Waals surface area contributed by atoms with Gasteiger partial charge in [0, 0.05) is 17.3 Å². The third-order valence-electron chi connectivity index (χ3n) is 3.06. The molecule has 1 aromatic heterocycles. The number of benzene rings is 1. The number of hydrogen-bond acceptors (Lipinski definition) is 8. The van der Waals surface area contributed by atoms with Crippen molar-refractivity contribution in [2.24, 2.45) is 5.16 Å². The van der Waals surface area contributed by atoms with Crippen LogP contribution in [0.4, 0.5) is 10.7 Å². The number of methoxy groups -OCH3 is 1. The van der Waals surface area contributed by atoms with Gasteiger partial charge in [0.1, 0.15) is 7.11 Å². The van der Waals surface area contributed by atoms with Crippen molar-refractivity contribution in [2.45, 2.75) is 11.8 Å². The second-order valence-corrected chi connectivity index (χ2v) is 7.00. The van der Waals surface area contributed by atoms with E-state index in [0.29, 0.717) is 5.69 Å². The number of nitrogens with one attached hydrogen (secondary N) is 2. The summed E-state index contributed by atoms with van der Waals surface area (Å²) >= 11 is 5.93. The number of ether oxygens (including phenoxy) is 1. The maximum Gasteiger partial charge on any atom is 0.335 e. The van der Waals surface area contributed by atoms with E-state index in [9.17, 15) is 13.2 Å². The lowest BCUT2D eigenvalue weighted by molar-refractivity contribution is 0.214. The minimum absolute atomic E-state index is 0.0646. The van der Waals surface area contributed by atoms with Gasteiger partial charge in [-0.05, 0) is 13.0 Å². The van der Waals surface area contributed by atoms with Crippen molar-refractivity contribution in [3.63, 3.8) is 0 Å². The molecule has 0 aliphatic heterocycles. The largest absolute Gasteiger partial charge is 0.481 e. The molecule has 0 aliphatic carbocycles. The lowest BCUT2D eigenvalue weighted by Gasteiger charge is -2.11. The van der Waals surface area contributed by atoms with Gasteiger partial charge >= 0.3 is 6.03 Å². The summed E-state index contributed by atoms with van der Waals surface area (Å²) in [5.74, 6) is 0.0976. The van der Waals surface area contributed by atoms with E-state index < -0.39 is 16.1 Å². The summed E-state index contributed by atoms with van der Waals surface area (Å²) in [5.41, 5.74) is 0.586. The summed E-state index contributed by atoms with van der Waals surface area (Å²) in [7, 11) is -1.60. The lowest BCUT2D eigenvalue weighted by atomic mass is 10.2. The fraction of sp³-hybridized carbons (Fsp3) is 0.200. The van der Waals surface area contributed by atoms with Crippen LogP contribution in [0.5, 0.6) is 5.88 Å². The molecule has 0 radical (unpaired) electrons. The molecular weight excluding hydrogens is 398 g/mol. The van der Waals surface area contributed by atoms with E-state index in [0.717, 1.165) is 0 Å². The topological polar surface area (TPSA) is 132 Å². The first-order valence-corrected chi connectivity index (χ1v) is 9.22. The number of oxime groups is 1. The van der Waals surface area contributed by atoms with Crippen LogP contribution in [-0.4, -0.2) is 43.8 Å². The first-order chi connectivity index (χ1) is 12.8. The molecule has 0 atom stereocenters. The summed E-state index contributed by atoms with van der Waals surface area (Å²) in [4.78, 5) is 24.3. The number of sulfonamides is 1. The molecule has 0 aliphatic rings. The van der Waals surface area contributed by atoms with Gasteiger partial charge in [0.2, 0.25) is 11.8 Å². The van der Waals surface area contributed by atoms with Gasteiger partial charge in [-0.2, -0.15) is 4.98 Å². The molecule has 2 aromatic rings. The SMILES string of the molecule is CO/N=C(/Cl)c1ccccc1S(=O)(=O)NC(=O)Nc1nc(C)cc(OC)n1. The zero-order chi connectivity index (χ0) is 20.0. The molecule has 10 nitrogen and oxygen atoms in total. The molecule has 144 valence electrons. The molecular formula is C15H16ClN5O5S. The van der Waals surface area contributed by atoms with E-state index in [1.54, 1.807) is 19.1 Å². The third-order valence-corrected chi connectivity index (χ3v) is 4.72. The van der Waals surface area contributed by atoms with Crippen LogP contribution in [0.1, 0.15) is 11.3 Å². The Morgan fingerprint density at radius 3 is 2.59 bits per heavy atom. The van der Waals surface area contributed by atoms with Crippen molar-refractivity contribution in [3.05, 3.63) is 41.6 Å². The van der Waals surface area contributed by atoms with E-state index in [4.69, 9.17) is 16.3 Å². The van der Waals surface area contributed by atoms with E-state index in [2.05, 4.69) is 25.3 Å². The number of nitrogens with zero attached hydrogens (tertiary/aromatic N) is 3. The van der Waals surface area contributed by atoms with Crippen LogP contribution in [0.2, 0.25) is 0 Å². The average Bonchev–Trinajstić information content (AvgIpc) is 2.60. The first-order valence-electron chi connectivity index (χ1n) is 7.36. The maximum absolute atomic E-state index is 12.6. The Bertz CT molecular complexity index is 980. The van der Waals surface area contributed by atoms with Crippen LogP contribution < -0.4 is 14.8 Å². The molecule has 12 heteroatoms. The molecule has 27 heavy (non-hydrogen) atoms. The second-order valence-electron chi connectivity index (χ2n) is 5.00. The van der Waals surface area contributed by atoms with Gasteiger partial charge in [-0.3, -0.25) is 5.32 Å². The van der Waals surface area contributed by atoms with Crippen molar-refractivity contribution in [3.8, 4) is 5.88 Å². The summed E-state index contributed by atoms with van der Waals surface area (Å²) < 4.78 is 32.0. The Labute approximate surface area is 160 Å². The predicted octanol–water partition coefficient (Wildman–Crippen LogP) is 1.85. The van der Waals surface area contributed by atoms with Gasteiger partial charge in [-0.15, -0.1) is 0 Å². The number of aromatic nitrogens is 2. The van der Waals surface area contributed by atoms with Crippen LogP contribution in [0.3, 0.4) is 0 Å². The van der Waals surface area contributed by atoms with Gasteiger partial charge in [0.15, 0.2) is 5.17 Å². The lowest BCUT2D eigenvalue weighted by Crippen LogP contribution is -2.35. The van der Waals surface area contributed by atoms with Crippen molar-refractivity contribution < 1.29 is 22.8 Å². The van der Waals surface area contributed by atoms with E-state index >= 15 is 0 Å². The number of aryl methyl sites for hydroxylation is 1. The Kier molecular flexibility index (Phi) is 6.53. The first kappa shape index (κ1) is 20.4. The minimum Gasteiger partial charge on any atom is -0.481 e. The van der Waals surface area contributed by atoms with Gasteiger partial charge in [0.25, 0.3) is 10.0 Å². The third kappa shape index (κ3) is 5.28. The predicted molar refractivity (Wildman–Crippen MR) is 98.5 cm³/mol. The standard InChI is InChI=1S/C15H16ClN5O5S/c1-9-8-12(25-2)18-14(17-9)19-15(22)21-27(23,24)11-7-5-4-6-10(11)13(16)20-26-3/h4-8H,1-3H3,(H2,17,18,19,21,22)/b20-13+. The number of carbonyl (C=O) groups is 1. The molecule has 2 rings (SSSR count). The highest BCUT2D eigenvalue weighted by atomic mass is 35.5. The Morgan fingerprint density at radius 1 is 1.22 bits per heavy atom. The summed E-state index contributed by atoms with van der Waals surface area (Å²) in [6.07, 6.45) is 0. The molecule has 1 aromatic carbocycles. The number of anilines is 1. The summed E-state index contributed by atoms with van der Waals surface area (Å²) in [6, 6.07) is 6.22. The van der Waals surface area contributed by atoms with Gasteiger partial charge < -0.3 is 9.57 Å². The summed E-state index contributed by atoms with van der Waals surface area (Å²) in [6.45, 7) is 1.66. The average molecular weight is 414 g/mol. The normalized spacial score (nSPS) is 11.6. The van der Waals surface area contributed by atoms with Gasteiger partial charge in [0.05, 0.1) is 12.0 Å². The number of halogens is 1. The molecule has 0 saturated heterocycles. The highest BCUT2D eigenvalue weighted by molar-refractivity contribution is 7.90. The molecule has 0 bridgehead atoms. The summed E-state index contributed by atoms with van der Waals surface area (Å²) in [5, 5.41) is 5.55. The van der Waals surface area contributed by atoms with Crippen molar-refractivity contribution in [2.75, 3.05) is 19.5 Å². The molecule has 1 heterocycles. The van der Waals surface area contributed by atoms with E-state index in [-0.39, 0.29) is 27.5 Å². The van der Waals surface area contributed by atoms with Crippen LogP contribution in [0, 0.1) is 6.92 Å². The number of hydrogen-bond donors (Lipinski definition) is 2. The molecule has 0 spiro atoms. The molecule has 0 unspecified atom stereocenters. The zero-order valence-corrected chi connectivity index (χ0v) is 16.1.